The maximum atomic E-state index is 12.2. The molecule has 0 saturated heterocycles. The highest BCUT2D eigenvalue weighted by Crippen LogP contribution is 2.29. The van der Waals surface area contributed by atoms with E-state index in [-0.39, 0.29) is 5.91 Å². The zero-order valence-electron chi connectivity index (χ0n) is 13.3. The number of carbonyl (C=O) groups is 1. The Bertz CT molecular complexity index is 684. The van der Waals surface area contributed by atoms with Crippen LogP contribution in [0.5, 0.6) is 5.75 Å². The minimum atomic E-state index is -0.657. The molecule has 0 spiro atoms. The number of rotatable bonds is 5. The van der Waals surface area contributed by atoms with Gasteiger partial charge in [-0.3, -0.25) is 4.79 Å². The number of hydrogen-bond donors (Lipinski definition) is 1. The van der Waals surface area contributed by atoms with Crippen LogP contribution in [0.25, 0.3) is 0 Å². The Morgan fingerprint density at radius 3 is 2.30 bits per heavy atom. The number of amides is 1. The molecule has 1 amide bonds. The number of carbonyl (C=O) groups excluding carboxylic acids is 1. The second kappa shape index (κ2) is 7.71. The summed E-state index contributed by atoms with van der Waals surface area (Å²) < 4.78 is 5.67. The first kappa shape index (κ1) is 17.6. The SMILES string of the molecule is CC(C)c1ccc(O[C@H](C)C(=O)Nc2cccc(Cl)c2Cl)cc1. The maximum absolute atomic E-state index is 12.2. The molecular weight excluding hydrogens is 333 g/mol. The molecule has 1 atom stereocenters. The molecule has 0 saturated carbocycles. The highest BCUT2D eigenvalue weighted by Gasteiger charge is 2.17. The van der Waals surface area contributed by atoms with Gasteiger partial charge in [0.25, 0.3) is 5.91 Å². The molecule has 0 fully saturated rings. The Morgan fingerprint density at radius 2 is 1.70 bits per heavy atom. The second-order valence-corrected chi connectivity index (χ2v) is 6.36. The van der Waals surface area contributed by atoms with Crippen LogP contribution in [-0.4, -0.2) is 12.0 Å². The molecule has 0 radical (unpaired) electrons. The summed E-state index contributed by atoms with van der Waals surface area (Å²) in [5.41, 5.74) is 1.69. The Balaban J connectivity index is 2.01. The number of hydrogen-bond acceptors (Lipinski definition) is 2. The molecule has 23 heavy (non-hydrogen) atoms. The van der Waals surface area contributed by atoms with Gasteiger partial charge in [-0.05, 0) is 42.7 Å². The third-order valence-corrected chi connectivity index (χ3v) is 4.26. The molecule has 5 heteroatoms. The monoisotopic (exact) mass is 351 g/mol. The van der Waals surface area contributed by atoms with E-state index < -0.39 is 6.10 Å². The molecule has 0 heterocycles. The Kier molecular flexibility index (Phi) is 5.91. The molecule has 2 aromatic rings. The molecule has 0 aromatic heterocycles. The number of nitrogens with one attached hydrogen (secondary N) is 1. The van der Waals surface area contributed by atoms with Crippen molar-refractivity contribution < 1.29 is 9.53 Å². The summed E-state index contributed by atoms with van der Waals surface area (Å²) >= 11 is 12.0. The van der Waals surface area contributed by atoms with Gasteiger partial charge >= 0.3 is 0 Å². The van der Waals surface area contributed by atoms with E-state index in [1.54, 1.807) is 25.1 Å². The quantitative estimate of drug-likeness (QED) is 0.769. The van der Waals surface area contributed by atoms with Crippen LogP contribution >= 0.6 is 23.2 Å². The van der Waals surface area contributed by atoms with Crippen LogP contribution < -0.4 is 10.1 Å². The summed E-state index contributed by atoms with van der Waals surface area (Å²) in [5.74, 6) is 0.811. The summed E-state index contributed by atoms with van der Waals surface area (Å²) in [6.07, 6.45) is -0.657. The normalized spacial score (nSPS) is 12.1. The van der Waals surface area contributed by atoms with Gasteiger partial charge in [-0.1, -0.05) is 55.2 Å². The summed E-state index contributed by atoms with van der Waals surface area (Å²) in [5, 5.41) is 3.43. The first-order valence-electron chi connectivity index (χ1n) is 7.40. The van der Waals surface area contributed by atoms with Crippen molar-refractivity contribution in [2.75, 3.05) is 5.32 Å². The third-order valence-electron chi connectivity index (χ3n) is 3.44. The topological polar surface area (TPSA) is 38.3 Å². The third kappa shape index (κ3) is 4.63. The summed E-state index contributed by atoms with van der Waals surface area (Å²) in [4.78, 5) is 12.2. The van der Waals surface area contributed by atoms with Crippen LogP contribution in [0.15, 0.2) is 42.5 Å². The van der Waals surface area contributed by atoms with Crippen molar-refractivity contribution in [3.63, 3.8) is 0 Å². The van der Waals surface area contributed by atoms with Crippen molar-refractivity contribution in [1.29, 1.82) is 0 Å². The lowest BCUT2D eigenvalue weighted by molar-refractivity contribution is -0.122. The standard InChI is InChI=1S/C18H19Cl2NO2/c1-11(2)13-7-9-14(10-8-13)23-12(3)18(22)21-16-6-4-5-15(19)17(16)20/h4-12H,1-3H3,(H,21,22)/t12-/m1/s1. The minimum Gasteiger partial charge on any atom is -0.481 e. The van der Waals surface area contributed by atoms with E-state index >= 15 is 0 Å². The summed E-state index contributed by atoms with van der Waals surface area (Å²) in [6, 6.07) is 12.8. The van der Waals surface area contributed by atoms with Gasteiger partial charge in [0.15, 0.2) is 6.10 Å². The van der Waals surface area contributed by atoms with E-state index in [4.69, 9.17) is 27.9 Å². The smallest absolute Gasteiger partial charge is 0.265 e. The molecule has 0 aliphatic rings. The van der Waals surface area contributed by atoms with E-state index in [2.05, 4.69) is 19.2 Å². The molecule has 0 aliphatic carbocycles. The van der Waals surface area contributed by atoms with Gasteiger partial charge in [0.2, 0.25) is 0 Å². The highest BCUT2D eigenvalue weighted by atomic mass is 35.5. The average molecular weight is 352 g/mol. The van der Waals surface area contributed by atoms with Crippen LogP contribution in [0.2, 0.25) is 10.0 Å². The minimum absolute atomic E-state index is 0.290. The molecule has 3 nitrogen and oxygen atoms in total. The van der Waals surface area contributed by atoms with E-state index in [1.807, 2.05) is 24.3 Å². The van der Waals surface area contributed by atoms with Crippen LogP contribution in [-0.2, 0) is 4.79 Å². The number of anilines is 1. The van der Waals surface area contributed by atoms with Crippen molar-refractivity contribution in [2.24, 2.45) is 0 Å². The fraction of sp³-hybridized carbons (Fsp3) is 0.278. The largest absolute Gasteiger partial charge is 0.481 e. The Hall–Kier alpha value is -1.71. The van der Waals surface area contributed by atoms with Crippen molar-refractivity contribution in [3.05, 3.63) is 58.1 Å². The fourth-order valence-electron chi connectivity index (χ4n) is 2.02. The van der Waals surface area contributed by atoms with Gasteiger partial charge in [-0.2, -0.15) is 0 Å². The predicted molar refractivity (Wildman–Crippen MR) is 95.7 cm³/mol. The van der Waals surface area contributed by atoms with E-state index in [0.29, 0.717) is 27.4 Å². The Morgan fingerprint density at radius 1 is 1.04 bits per heavy atom. The predicted octanol–water partition coefficient (Wildman–Crippen LogP) is 5.52. The first-order chi connectivity index (χ1) is 10.9. The molecule has 0 aliphatic heterocycles. The number of halogens is 2. The summed E-state index contributed by atoms with van der Waals surface area (Å²) in [7, 11) is 0. The van der Waals surface area contributed by atoms with Gasteiger partial charge in [-0.25, -0.2) is 0 Å². The second-order valence-electron chi connectivity index (χ2n) is 5.57. The molecule has 2 aromatic carbocycles. The van der Waals surface area contributed by atoms with Gasteiger partial charge in [0.05, 0.1) is 15.7 Å². The fourth-order valence-corrected chi connectivity index (χ4v) is 2.37. The Labute approximate surface area is 146 Å². The lowest BCUT2D eigenvalue weighted by Gasteiger charge is -2.16. The molecule has 0 bridgehead atoms. The van der Waals surface area contributed by atoms with Crippen molar-refractivity contribution in [2.45, 2.75) is 32.8 Å². The van der Waals surface area contributed by atoms with Crippen LogP contribution in [0.4, 0.5) is 5.69 Å². The maximum Gasteiger partial charge on any atom is 0.265 e. The van der Waals surface area contributed by atoms with E-state index in [9.17, 15) is 4.79 Å². The molecular formula is C18H19Cl2NO2. The van der Waals surface area contributed by atoms with Gasteiger partial charge in [0.1, 0.15) is 5.75 Å². The lowest BCUT2D eigenvalue weighted by Crippen LogP contribution is -2.30. The lowest BCUT2D eigenvalue weighted by atomic mass is 10.0. The summed E-state index contributed by atoms with van der Waals surface area (Å²) in [6.45, 7) is 5.94. The zero-order chi connectivity index (χ0) is 17.0. The zero-order valence-corrected chi connectivity index (χ0v) is 14.8. The molecule has 1 N–H and O–H groups in total. The van der Waals surface area contributed by atoms with Crippen molar-refractivity contribution >= 4 is 34.8 Å². The first-order valence-corrected chi connectivity index (χ1v) is 8.15. The number of ether oxygens (including phenoxy) is 1. The van der Waals surface area contributed by atoms with Crippen molar-refractivity contribution in [3.8, 4) is 5.75 Å². The molecule has 0 unspecified atom stereocenters. The van der Waals surface area contributed by atoms with Gasteiger partial charge in [0, 0.05) is 0 Å². The van der Waals surface area contributed by atoms with Crippen LogP contribution in [0.3, 0.4) is 0 Å². The van der Waals surface area contributed by atoms with E-state index in [0.717, 1.165) is 0 Å². The number of benzene rings is 2. The van der Waals surface area contributed by atoms with Crippen molar-refractivity contribution in [1.82, 2.24) is 0 Å². The van der Waals surface area contributed by atoms with Gasteiger partial charge in [-0.15, -0.1) is 0 Å². The highest BCUT2D eigenvalue weighted by molar-refractivity contribution is 6.44. The van der Waals surface area contributed by atoms with Crippen LogP contribution in [0, 0.1) is 0 Å². The molecule has 2 rings (SSSR count). The molecule has 122 valence electrons. The van der Waals surface area contributed by atoms with E-state index in [1.165, 1.54) is 5.56 Å². The average Bonchev–Trinajstić information content (AvgIpc) is 2.52. The van der Waals surface area contributed by atoms with Crippen LogP contribution in [0.1, 0.15) is 32.3 Å². The van der Waals surface area contributed by atoms with Gasteiger partial charge < -0.3 is 10.1 Å².